The number of nitrogens with zero attached hydrogens (tertiary/aromatic N) is 3. The van der Waals surface area contributed by atoms with Gasteiger partial charge in [-0.15, -0.1) is 0 Å². The van der Waals surface area contributed by atoms with Crippen molar-refractivity contribution in [3.05, 3.63) is 106 Å². The first kappa shape index (κ1) is 27.4. The van der Waals surface area contributed by atoms with Gasteiger partial charge in [0.25, 0.3) is 0 Å². The van der Waals surface area contributed by atoms with E-state index in [1.54, 1.807) is 18.2 Å². The van der Waals surface area contributed by atoms with Gasteiger partial charge in [-0.1, -0.05) is 18.2 Å². The Morgan fingerprint density at radius 1 is 0.950 bits per heavy atom. The normalized spacial score (nSPS) is 14.1. The number of hydrogen-bond donors (Lipinski definition) is 1. The summed E-state index contributed by atoms with van der Waals surface area (Å²) in [7, 11) is 0. The van der Waals surface area contributed by atoms with E-state index in [4.69, 9.17) is 0 Å². The van der Waals surface area contributed by atoms with Gasteiger partial charge in [0.1, 0.15) is 24.0 Å². The lowest BCUT2D eigenvalue weighted by atomic mass is 9.95. The first-order chi connectivity index (χ1) is 19.1. The molecule has 2 aromatic heterocycles. The van der Waals surface area contributed by atoms with E-state index in [1.807, 2.05) is 0 Å². The van der Waals surface area contributed by atoms with E-state index in [-0.39, 0.29) is 24.0 Å². The molecule has 40 heavy (non-hydrogen) atoms. The number of rotatable bonds is 7. The molecule has 0 spiro atoms. The third-order valence-corrected chi connectivity index (χ3v) is 6.82. The maximum Gasteiger partial charge on any atom is 0.435 e. The summed E-state index contributed by atoms with van der Waals surface area (Å²) in [6, 6.07) is 11.0. The fourth-order valence-electron chi connectivity index (χ4n) is 5.18. The predicted molar refractivity (Wildman–Crippen MR) is 134 cm³/mol. The predicted octanol–water partition coefficient (Wildman–Crippen LogP) is 6.36. The molecule has 11 heteroatoms. The number of nitrogens with one attached hydrogen (secondary N) is 1. The average Bonchev–Trinajstić information content (AvgIpc) is 3.27. The van der Waals surface area contributed by atoms with Crippen molar-refractivity contribution in [2.24, 2.45) is 0 Å². The van der Waals surface area contributed by atoms with Gasteiger partial charge in [0.2, 0.25) is 5.91 Å². The first-order valence-corrected chi connectivity index (χ1v) is 12.7. The van der Waals surface area contributed by atoms with Crippen LogP contribution in [0, 0.1) is 17.5 Å². The van der Waals surface area contributed by atoms with Crippen LogP contribution in [0.4, 0.5) is 26.3 Å². The highest BCUT2D eigenvalue weighted by molar-refractivity contribution is 5.77. The Morgan fingerprint density at radius 3 is 2.42 bits per heavy atom. The van der Waals surface area contributed by atoms with E-state index in [0.29, 0.717) is 41.8 Å². The number of amides is 1. The topological polar surface area (TPSA) is 59.8 Å². The second kappa shape index (κ2) is 11.1. The smallest absolute Gasteiger partial charge is 0.346 e. The highest BCUT2D eigenvalue weighted by Crippen LogP contribution is 2.36. The van der Waals surface area contributed by atoms with Crippen LogP contribution in [0.25, 0.3) is 11.1 Å². The minimum absolute atomic E-state index is 0.0925. The zero-order chi connectivity index (χ0) is 28.4. The molecule has 5 nitrogen and oxygen atoms in total. The molecular formula is C29H24F6N4O. The van der Waals surface area contributed by atoms with Gasteiger partial charge in [-0.05, 0) is 73.6 Å². The summed E-state index contributed by atoms with van der Waals surface area (Å²) < 4.78 is 84.0. The molecule has 1 amide bonds. The molecule has 0 saturated carbocycles. The van der Waals surface area contributed by atoms with Crippen LogP contribution in [0.2, 0.25) is 0 Å². The molecule has 1 atom stereocenters. The number of alkyl halides is 3. The van der Waals surface area contributed by atoms with Gasteiger partial charge in [-0.25, -0.2) is 13.2 Å². The van der Waals surface area contributed by atoms with Gasteiger partial charge in [0, 0.05) is 29.1 Å². The molecule has 0 fully saturated rings. The average molecular weight is 559 g/mol. The van der Waals surface area contributed by atoms with Crippen molar-refractivity contribution in [2.45, 2.75) is 50.9 Å². The van der Waals surface area contributed by atoms with Crippen LogP contribution in [-0.2, 0) is 36.8 Å². The number of pyridine rings is 1. The summed E-state index contributed by atoms with van der Waals surface area (Å²) in [4.78, 5) is 17.7. The maximum atomic E-state index is 14.0. The summed E-state index contributed by atoms with van der Waals surface area (Å²) in [6.45, 7) is -0.492. The molecule has 2 aromatic carbocycles. The molecule has 1 N–H and O–H groups in total. The number of aromatic nitrogens is 3. The van der Waals surface area contributed by atoms with Crippen molar-refractivity contribution >= 4 is 5.91 Å². The zero-order valence-corrected chi connectivity index (χ0v) is 21.1. The van der Waals surface area contributed by atoms with E-state index < -0.39 is 47.8 Å². The monoisotopic (exact) mass is 558 g/mol. The summed E-state index contributed by atoms with van der Waals surface area (Å²) in [5.41, 5.74) is 0.940. The van der Waals surface area contributed by atoms with Crippen molar-refractivity contribution < 1.29 is 31.1 Å². The van der Waals surface area contributed by atoms with Crippen molar-refractivity contribution in [1.29, 1.82) is 0 Å². The highest BCUT2D eigenvalue weighted by Gasteiger charge is 2.39. The molecular weight excluding hydrogens is 534 g/mol. The molecule has 0 aliphatic heterocycles. The second-order valence-corrected chi connectivity index (χ2v) is 9.68. The molecule has 1 unspecified atom stereocenters. The molecule has 0 radical (unpaired) electrons. The number of halogens is 6. The van der Waals surface area contributed by atoms with Crippen molar-refractivity contribution in [2.75, 3.05) is 0 Å². The molecule has 2 heterocycles. The molecule has 5 rings (SSSR count). The number of carbonyl (C=O) groups is 1. The Balaban J connectivity index is 1.50. The Bertz CT molecular complexity index is 1530. The third kappa shape index (κ3) is 6.03. The Kier molecular flexibility index (Phi) is 7.64. The maximum absolute atomic E-state index is 14.0. The quantitative estimate of drug-likeness (QED) is 0.269. The fourth-order valence-corrected chi connectivity index (χ4v) is 5.18. The van der Waals surface area contributed by atoms with Crippen LogP contribution >= 0.6 is 0 Å². The van der Waals surface area contributed by atoms with Crippen molar-refractivity contribution in [3.8, 4) is 11.1 Å². The van der Waals surface area contributed by atoms with Gasteiger partial charge in [-0.3, -0.25) is 14.5 Å². The summed E-state index contributed by atoms with van der Waals surface area (Å²) in [5, 5.41) is 6.51. The van der Waals surface area contributed by atoms with E-state index >= 15 is 0 Å². The molecule has 1 aliphatic carbocycles. The number of carbonyl (C=O) groups excluding carboxylic acids is 1. The summed E-state index contributed by atoms with van der Waals surface area (Å²) in [6.07, 6.45) is -1.42. The summed E-state index contributed by atoms with van der Waals surface area (Å²) >= 11 is 0. The minimum Gasteiger partial charge on any atom is -0.346 e. The Morgan fingerprint density at radius 2 is 1.70 bits per heavy atom. The minimum atomic E-state index is -4.65. The van der Waals surface area contributed by atoms with E-state index in [0.717, 1.165) is 22.9 Å². The Labute approximate surface area is 225 Å². The number of benzene rings is 2. The molecule has 208 valence electrons. The molecule has 4 aromatic rings. The fraction of sp³-hybridized carbons (Fsp3) is 0.276. The van der Waals surface area contributed by atoms with Crippen LogP contribution in [0.15, 0.2) is 60.8 Å². The lowest BCUT2D eigenvalue weighted by molar-refractivity contribution is -0.142. The van der Waals surface area contributed by atoms with Crippen LogP contribution in [0.1, 0.15) is 47.1 Å². The van der Waals surface area contributed by atoms with Gasteiger partial charge in [0.05, 0.1) is 11.7 Å². The molecule has 0 saturated heterocycles. The van der Waals surface area contributed by atoms with Crippen molar-refractivity contribution in [3.63, 3.8) is 0 Å². The van der Waals surface area contributed by atoms with E-state index in [9.17, 15) is 31.1 Å². The van der Waals surface area contributed by atoms with Crippen LogP contribution in [0.5, 0.6) is 0 Å². The first-order valence-electron chi connectivity index (χ1n) is 12.7. The second-order valence-electron chi connectivity index (χ2n) is 9.68. The van der Waals surface area contributed by atoms with Gasteiger partial charge >= 0.3 is 6.18 Å². The van der Waals surface area contributed by atoms with Gasteiger partial charge < -0.3 is 5.32 Å². The Hall–Kier alpha value is -4.15. The van der Waals surface area contributed by atoms with E-state index in [2.05, 4.69) is 15.4 Å². The largest absolute Gasteiger partial charge is 0.435 e. The van der Waals surface area contributed by atoms with Crippen LogP contribution in [0.3, 0.4) is 0 Å². The standard InChI is InChI=1S/C29H24F6N4O/c30-19-6-3-5-18(14-19)22-8-4-10-36-27(22)24(13-17-11-20(31)15-21(32)12-17)37-26(40)16-39-25-9-2-1-7-23(25)28(38-39)29(33,34)35/h3-6,8,10-12,14-15,24H,1-2,7,9,13,16H2,(H,37,40). The molecule has 1 aliphatic rings. The third-order valence-electron chi connectivity index (χ3n) is 6.82. The zero-order valence-electron chi connectivity index (χ0n) is 21.1. The van der Waals surface area contributed by atoms with Crippen molar-refractivity contribution in [1.82, 2.24) is 20.1 Å². The molecule has 0 bridgehead atoms. The lowest BCUT2D eigenvalue weighted by Gasteiger charge is -2.22. The summed E-state index contributed by atoms with van der Waals surface area (Å²) in [5.74, 6) is -2.78. The highest BCUT2D eigenvalue weighted by atomic mass is 19.4. The van der Waals surface area contributed by atoms with E-state index in [1.165, 1.54) is 24.4 Å². The number of fused-ring (bicyclic) bond motifs is 1. The van der Waals surface area contributed by atoms with Crippen LogP contribution < -0.4 is 5.32 Å². The lowest BCUT2D eigenvalue weighted by Crippen LogP contribution is -2.34. The SMILES string of the molecule is O=C(Cn1nc(C(F)(F)F)c2c1CCCC2)NC(Cc1cc(F)cc(F)c1)c1ncccc1-c1cccc(F)c1. The van der Waals surface area contributed by atoms with Gasteiger partial charge in [-0.2, -0.15) is 18.3 Å². The van der Waals surface area contributed by atoms with Crippen LogP contribution in [-0.4, -0.2) is 20.7 Å². The van der Waals surface area contributed by atoms with Gasteiger partial charge in [0.15, 0.2) is 5.69 Å². The number of hydrogen-bond acceptors (Lipinski definition) is 3.